The highest BCUT2D eigenvalue weighted by Gasteiger charge is 2.35. The first-order chi connectivity index (χ1) is 21.3. The summed E-state index contributed by atoms with van der Waals surface area (Å²) in [4.78, 5) is 28.3. The van der Waals surface area contributed by atoms with Crippen LogP contribution in [0, 0.1) is 18.0 Å². The van der Waals surface area contributed by atoms with Crippen LogP contribution in [-0.4, -0.2) is 66.7 Å². The summed E-state index contributed by atoms with van der Waals surface area (Å²) in [5.74, 6) is -1.52. The van der Waals surface area contributed by atoms with Gasteiger partial charge >= 0.3 is 12.3 Å². The summed E-state index contributed by atoms with van der Waals surface area (Å²) in [5.41, 5.74) is 0.595. The Kier molecular flexibility index (Phi) is 10.2. The zero-order chi connectivity index (χ0) is 32.8. The van der Waals surface area contributed by atoms with E-state index in [0.717, 1.165) is 28.4 Å². The Labute approximate surface area is 255 Å². The molecule has 4 rings (SSSR count). The topological polar surface area (TPSA) is 167 Å². The highest BCUT2D eigenvalue weighted by molar-refractivity contribution is 7.90. The maximum Gasteiger partial charge on any atom is 0.511 e. The van der Waals surface area contributed by atoms with Crippen LogP contribution in [0.2, 0.25) is 0 Å². The van der Waals surface area contributed by atoms with E-state index in [-0.39, 0.29) is 53.8 Å². The number of halogens is 3. The number of sulfonamides is 1. The number of hydrogen-bond donors (Lipinski definition) is 1. The van der Waals surface area contributed by atoms with E-state index >= 15 is 0 Å². The van der Waals surface area contributed by atoms with Gasteiger partial charge < -0.3 is 19.5 Å². The van der Waals surface area contributed by atoms with Gasteiger partial charge in [0.25, 0.3) is 16.8 Å². The number of hydrazine groups is 1. The molecule has 1 saturated heterocycles. The van der Waals surface area contributed by atoms with Crippen LogP contribution in [-0.2, 0) is 35.3 Å². The van der Waals surface area contributed by atoms with E-state index in [1.165, 1.54) is 17.1 Å². The lowest BCUT2D eigenvalue weighted by Gasteiger charge is -2.27. The summed E-state index contributed by atoms with van der Waals surface area (Å²) in [6, 6.07) is 12.6. The van der Waals surface area contributed by atoms with E-state index in [1.54, 1.807) is 31.2 Å². The molecular formula is C27H29F3N6O8S. The molecule has 0 aliphatic carbocycles. The number of piperidine rings is 1. The summed E-state index contributed by atoms with van der Waals surface area (Å²) in [5, 5.41) is 20.2. The van der Waals surface area contributed by atoms with E-state index in [1.807, 2.05) is 11.6 Å². The van der Waals surface area contributed by atoms with E-state index in [2.05, 4.69) is 24.7 Å². The minimum Gasteiger partial charge on any atom is -0.569 e. The van der Waals surface area contributed by atoms with Crippen molar-refractivity contribution in [1.82, 2.24) is 19.5 Å². The fourth-order valence-electron chi connectivity index (χ4n) is 4.35. The monoisotopic (exact) mass is 654 g/mol. The Morgan fingerprint density at radius 1 is 1.09 bits per heavy atom. The molecule has 1 aliphatic rings. The molecule has 0 saturated carbocycles. The zero-order valence-electron chi connectivity index (χ0n) is 24.1. The first kappa shape index (κ1) is 33.0. The first-order valence-electron chi connectivity index (χ1n) is 13.5. The van der Waals surface area contributed by atoms with Crippen molar-refractivity contribution >= 4 is 22.1 Å². The van der Waals surface area contributed by atoms with E-state index < -0.39 is 46.7 Å². The lowest BCUT2D eigenvalue weighted by Crippen LogP contribution is -2.44. The average Bonchev–Trinajstić information content (AvgIpc) is 3.46. The van der Waals surface area contributed by atoms with Gasteiger partial charge in [0.1, 0.15) is 0 Å². The molecule has 1 fully saturated rings. The van der Waals surface area contributed by atoms with Gasteiger partial charge in [-0.1, -0.05) is 29.8 Å². The second-order valence-electron chi connectivity index (χ2n) is 9.79. The van der Waals surface area contributed by atoms with Crippen molar-refractivity contribution in [2.45, 2.75) is 37.8 Å². The second kappa shape index (κ2) is 13.8. The molecule has 0 bridgehead atoms. The lowest BCUT2D eigenvalue weighted by molar-refractivity contribution is -0.713. The molecule has 1 aromatic heterocycles. The number of alkyl halides is 3. The molecule has 1 aliphatic heterocycles. The lowest BCUT2D eigenvalue weighted by atomic mass is 9.97. The smallest absolute Gasteiger partial charge is 0.511 e. The van der Waals surface area contributed by atoms with Crippen molar-refractivity contribution in [3.8, 4) is 16.9 Å². The van der Waals surface area contributed by atoms with Crippen molar-refractivity contribution in [3.63, 3.8) is 0 Å². The van der Waals surface area contributed by atoms with Crippen LogP contribution in [0.15, 0.2) is 64.8 Å². The van der Waals surface area contributed by atoms with Crippen LogP contribution in [0.4, 0.5) is 18.0 Å². The molecule has 18 heteroatoms. The Bertz CT molecular complexity index is 1640. The average molecular weight is 655 g/mol. The number of aryl methyl sites for hydroxylation is 1. The molecule has 0 radical (unpaired) electrons. The Balaban J connectivity index is 1.38. The van der Waals surface area contributed by atoms with E-state index in [9.17, 15) is 36.4 Å². The molecule has 2 heterocycles. The van der Waals surface area contributed by atoms with Gasteiger partial charge in [0, 0.05) is 11.5 Å². The number of nitrogens with zero attached hydrogens (tertiary/aromatic N) is 5. The molecule has 2 aromatic carbocycles. The number of carbonyl (C=O) groups is 2. The van der Waals surface area contributed by atoms with Gasteiger partial charge in [0.2, 0.25) is 11.2 Å². The third-order valence-corrected chi connectivity index (χ3v) is 8.04. The number of rotatable bonds is 10. The quantitative estimate of drug-likeness (QED) is 0.0830. The maximum atomic E-state index is 13.5. The Morgan fingerprint density at radius 3 is 2.33 bits per heavy atom. The standard InChI is InChI=1S/C27H29F3N6O8S/c1-3-42-26(38)43-17-44-33-36(39)34-14-12-20(13-15-34)25(37)32-45(40,41)22-10-8-21(9-11-22)35-23(16-24(31-35)27(28,29)30)19-6-4-18(2)5-7-19/h4-11,16,20H,3,12-15,17H2,1-2H3,(H,32,37)/b36-33-. The molecule has 0 atom stereocenters. The number of benzene rings is 2. The number of amides is 1. The Morgan fingerprint density at radius 2 is 1.73 bits per heavy atom. The van der Waals surface area contributed by atoms with Gasteiger partial charge in [-0.25, -0.2) is 22.6 Å². The SMILES string of the molecule is CCOC(=O)OCO/N=[N+](\[O-])N1CCC(C(=O)NS(=O)(=O)c2ccc(-n3nc(C(F)(F)F)cc3-c3ccc(C)cc3)cc2)CC1. The first-order valence-corrected chi connectivity index (χ1v) is 15.0. The molecule has 14 nitrogen and oxygen atoms in total. The number of ether oxygens (including phenoxy) is 2. The third-order valence-electron chi connectivity index (χ3n) is 6.68. The van der Waals surface area contributed by atoms with Crippen LogP contribution in [0.3, 0.4) is 0 Å². The van der Waals surface area contributed by atoms with Crippen LogP contribution in [0.5, 0.6) is 0 Å². The fraction of sp³-hybridized carbons (Fsp3) is 0.370. The minimum atomic E-state index is -4.71. The highest BCUT2D eigenvalue weighted by Crippen LogP contribution is 2.33. The zero-order valence-corrected chi connectivity index (χ0v) is 24.9. The molecular weight excluding hydrogens is 625 g/mol. The number of carbonyl (C=O) groups excluding carboxylic acids is 2. The predicted molar refractivity (Wildman–Crippen MR) is 148 cm³/mol. The van der Waals surface area contributed by atoms with Crippen LogP contribution in [0.25, 0.3) is 16.9 Å². The number of hydrogen-bond acceptors (Lipinski definition) is 10. The molecule has 242 valence electrons. The van der Waals surface area contributed by atoms with Gasteiger partial charge in [-0.05, 0) is 57.0 Å². The molecule has 0 spiro atoms. The van der Waals surface area contributed by atoms with Gasteiger partial charge in [-0.2, -0.15) is 18.3 Å². The molecule has 0 unspecified atom stereocenters. The van der Waals surface area contributed by atoms with Gasteiger partial charge in [-0.15, -0.1) is 5.01 Å². The Hall–Kier alpha value is -4.87. The van der Waals surface area contributed by atoms with E-state index in [4.69, 9.17) is 0 Å². The molecule has 1 amide bonds. The highest BCUT2D eigenvalue weighted by atomic mass is 32.2. The second-order valence-corrected chi connectivity index (χ2v) is 11.5. The van der Waals surface area contributed by atoms with Crippen LogP contribution in [0.1, 0.15) is 31.0 Å². The molecule has 3 aromatic rings. The van der Waals surface area contributed by atoms with Crippen LogP contribution < -0.4 is 4.72 Å². The van der Waals surface area contributed by atoms with Crippen LogP contribution >= 0.6 is 0 Å². The van der Waals surface area contributed by atoms with Gasteiger partial charge in [0.05, 0.1) is 40.9 Å². The summed E-state index contributed by atoms with van der Waals surface area (Å²) in [6.45, 7) is 2.96. The summed E-state index contributed by atoms with van der Waals surface area (Å²) in [7, 11) is -4.33. The summed E-state index contributed by atoms with van der Waals surface area (Å²) in [6.07, 6.45) is -5.46. The predicted octanol–water partition coefficient (Wildman–Crippen LogP) is 4.32. The van der Waals surface area contributed by atoms with Gasteiger partial charge in [-0.3, -0.25) is 4.79 Å². The molecule has 45 heavy (non-hydrogen) atoms. The van der Waals surface area contributed by atoms with Crippen molar-refractivity contribution in [2.24, 2.45) is 11.2 Å². The van der Waals surface area contributed by atoms with E-state index in [0.29, 0.717) is 5.56 Å². The number of aromatic nitrogens is 2. The summed E-state index contributed by atoms with van der Waals surface area (Å²) < 4.78 is 78.5. The fourth-order valence-corrected chi connectivity index (χ4v) is 5.39. The van der Waals surface area contributed by atoms with Crippen molar-refractivity contribution in [1.29, 1.82) is 0 Å². The van der Waals surface area contributed by atoms with Crippen molar-refractivity contribution in [2.75, 3.05) is 26.5 Å². The van der Waals surface area contributed by atoms with Gasteiger partial charge in [0.15, 0.2) is 5.69 Å². The maximum absolute atomic E-state index is 13.5. The van der Waals surface area contributed by atoms with Crippen molar-refractivity contribution < 1.29 is 50.5 Å². The minimum absolute atomic E-state index is 0.0506. The van der Waals surface area contributed by atoms with Crippen molar-refractivity contribution in [3.05, 3.63) is 71.1 Å². The normalized spacial score (nSPS) is 14.6. The summed E-state index contributed by atoms with van der Waals surface area (Å²) >= 11 is 0. The largest absolute Gasteiger partial charge is 0.569 e. The number of nitrogens with one attached hydrogen (secondary N) is 1. The molecule has 1 N–H and O–H groups in total. The third kappa shape index (κ3) is 8.40.